The van der Waals surface area contributed by atoms with E-state index in [9.17, 15) is 0 Å². The number of halogens is 1. The van der Waals surface area contributed by atoms with Gasteiger partial charge in [-0.1, -0.05) is 23.7 Å². The predicted octanol–water partition coefficient (Wildman–Crippen LogP) is 3.70. The van der Waals surface area contributed by atoms with E-state index in [1.165, 1.54) is 0 Å². The summed E-state index contributed by atoms with van der Waals surface area (Å²) in [6.07, 6.45) is 0. The number of fused-ring (bicyclic) bond motifs is 1. The van der Waals surface area contributed by atoms with Crippen molar-refractivity contribution in [1.82, 2.24) is 5.43 Å². The lowest BCUT2D eigenvalue weighted by Gasteiger charge is -2.10. The molecule has 2 aromatic heterocycles. The van der Waals surface area contributed by atoms with Crippen molar-refractivity contribution in [3.63, 3.8) is 0 Å². The Hall–Kier alpha value is -1.33. The Kier molecular flexibility index (Phi) is 3.09. The Morgan fingerprint density at radius 2 is 2.22 bits per heavy atom. The third kappa shape index (κ3) is 1.93. The van der Waals surface area contributed by atoms with Crippen molar-refractivity contribution in [1.29, 1.82) is 0 Å². The minimum atomic E-state index is -0.153. The van der Waals surface area contributed by atoms with E-state index in [1.807, 2.05) is 41.1 Å². The first kappa shape index (κ1) is 11.7. The van der Waals surface area contributed by atoms with Gasteiger partial charge in [0.25, 0.3) is 0 Å². The molecule has 0 aliphatic rings. The molecule has 0 saturated carbocycles. The summed E-state index contributed by atoms with van der Waals surface area (Å²) >= 11 is 7.72. The highest BCUT2D eigenvalue weighted by Crippen LogP contribution is 2.32. The van der Waals surface area contributed by atoms with Crippen LogP contribution in [0, 0.1) is 0 Å². The van der Waals surface area contributed by atoms with Gasteiger partial charge in [0.05, 0.1) is 5.02 Å². The molecule has 3 nitrogen and oxygen atoms in total. The minimum absolute atomic E-state index is 0.153. The van der Waals surface area contributed by atoms with Crippen molar-refractivity contribution in [2.75, 3.05) is 0 Å². The molecule has 0 bridgehead atoms. The molecule has 0 amide bonds. The number of para-hydroxylation sites is 1. The molecule has 0 aliphatic heterocycles. The highest BCUT2D eigenvalue weighted by atomic mass is 35.5. The first-order valence-electron chi connectivity index (χ1n) is 5.46. The molecule has 1 aromatic carbocycles. The maximum absolute atomic E-state index is 6.10. The van der Waals surface area contributed by atoms with Crippen molar-refractivity contribution in [3.8, 4) is 0 Å². The zero-order valence-electron chi connectivity index (χ0n) is 9.39. The van der Waals surface area contributed by atoms with Gasteiger partial charge in [0.1, 0.15) is 11.8 Å². The number of furan rings is 1. The summed E-state index contributed by atoms with van der Waals surface area (Å²) in [4.78, 5) is 0. The van der Waals surface area contributed by atoms with Crippen molar-refractivity contribution in [3.05, 3.63) is 57.4 Å². The standard InChI is InChI=1S/C13H11ClN2OS/c14-10-3-1-2-8-6-11(17-13(8)10)12(16-15)9-4-5-18-7-9/h1-7,12,16H,15H2. The van der Waals surface area contributed by atoms with E-state index >= 15 is 0 Å². The average molecular weight is 279 g/mol. The largest absolute Gasteiger partial charge is 0.457 e. The third-order valence-electron chi connectivity index (χ3n) is 2.84. The number of benzene rings is 1. The van der Waals surface area contributed by atoms with E-state index in [0.29, 0.717) is 10.6 Å². The molecule has 0 aliphatic carbocycles. The van der Waals surface area contributed by atoms with E-state index in [0.717, 1.165) is 16.7 Å². The first-order valence-corrected chi connectivity index (χ1v) is 6.78. The second kappa shape index (κ2) is 4.74. The number of hydrogen-bond acceptors (Lipinski definition) is 4. The van der Waals surface area contributed by atoms with E-state index < -0.39 is 0 Å². The summed E-state index contributed by atoms with van der Waals surface area (Å²) < 4.78 is 5.81. The normalized spacial score (nSPS) is 13.0. The lowest BCUT2D eigenvalue weighted by Crippen LogP contribution is -2.28. The van der Waals surface area contributed by atoms with Crippen LogP contribution in [-0.2, 0) is 0 Å². The molecule has 0 saturated heterocycles. The fourth-order valence-corrected chi connectivity index (χ4v) is 2.88. The van der Waals surface area contributed by atoms with Gasteiger partial charge in [-0.2, -0.15) is 11.3 Å². The molecule has 5 heteroatoms. The van der Waals surface area contributed by atoms with Crippen LogP contribution in [-0.4, -0.2) is 0 Å². The monoisotopic (exact) mass is 278 g/mol. The van der Waals surface area contributed by atoms with Crippen LogP contribution in [0.3, 0.4) is 0 Å². The van der Waals surface area contributed by atoms with Crippen molar-refractivity contribution in [2.24, 2.45) is 5.84 Å². The van der Waals surface area contributed by atoms with Crippen LogP contribution in [0.4, 0.5) is 0 Å². The number of rotatable bonds is 3. The van der Waals surface area contributed by atoms with Crippen molar-refractivity contribution in [2.45, 2.75) is 6.04 Å². The van der Waals surface area contributed by atoms with Crippen LogP contribution in [0.25, 0.3) is 11.0 Å². The Morgan fingerprint density at radius 1 is 1.33 bits per heavy atom. The second-order valence-electron chi connectivity index (χ2n) is 3.96. The summed E-state index contributed by atoms with van der Waals surface area (Å²) in [7, 11) is 0. The van der Waals surface area contributed by atoms with Crippen LogP contribution in [0.15, 0.2) is 45.5 Å². The Bertz CT molecular complexity index is 663. The molecule has 3 N–H and O–H groups in total. The predicted molar refractivity (Wildman–Crippen MR) is 74.7 cm³/mol. The number of hydrogen-bond donors (Lipinski definition) is 2. The molecule has 2 heterocycles. The van der Waals surface area contributed by atoms with E-state index in [1.54, 1.807) is 11.3 Å². The van der Waals surface area contributed by atoms with E-state index in [2.05, 4.69) is 5.43 Å². The summed E-state index contributed by atoms with van der Waals surface area (Å²) in [5.41, 5.74) is 4.55. The molecule has 0 spiro atoms. The fourth-order valence-electron chi connectivity index (χ4n) is 1.97. The molecule has 1 atom stereocenters. The zero-order chi connectivity index (χ0) is 12.5. The van der Waals surface area contributed by atoms with Crippen LogP contribution in [0.1, 0.15) is 17.4 Å². The fraction of sp³-hybridized carbons (Fsp3) is 0.0769. The topological polar surface area (TPSA) is 51.2 Å². The quantitative estimate of drug-likeness (QED) is 0.567. The summed E-state index contributed by atoms with van der Waals surface area (Å²) in [5, 5.41) is 5.64. The Balaban J connectivity index is 2.11. The molecule has 3 rings (SSSR count). The molecule has 92 valence electrons. The first-order chi connectivity index (χ1) is 8.79. The summed E-state index contributed by atoms with van der Waals surface area (Å²) in [5.74, 6) is 6.38. The van der Waals surface area contributed by atoms with Crippen LogP contribution >= 0.6 is 22.9 Å². The van der Waals surface area contributed by atoms with Crippen molar-refractivity contribution < 1.29 is 4.42 Å². The minimum Gasteiger partial charge on any atom is -0.457 e. The van der Waals surface area contributed by atoms with Gasteiger partial charge < -0.3 is 4.42 Å². The van der Waals surface area contributed by atoms with E-state index in [-0.39, 0.29) is 6.04 Å². The molecule has 3 aromatic rings. The molecule has 1 unspecified atom stereocenters. The highest BCUT2D eigenvalue weighted by Gasteiger charge is 2.18. The lowest BCUT2D eigenvalue weighted by atomic mass is 10.1. The highest BCUT2D eigenvalue weighted by molar-refractivity contribution is 7.08. The number of nitrogens with two attached hydrogens (primary N) is 1. The van der Waals surface area contributed by atoms with Gasteiger partial charge in [0.2, 0.25) is 0 Å². The van der Waals surface area contributed by atoms with Gasteiger partial charge >= 0.3 is 0 Å². The maximum atomic E-state index is 6.10. The maximum Gasteiger partial charge on any atom is 0.152 e. The van der Waals surface area contributed by atoms with Gasteiger partial charge in [0.15, 0.2) is 5.58 Å². The van der Waals surface area contributed by atoms with Gasteiger partial charge in [0, 0.05) is 5.39 Å². The molecular formula is C13H11ClN2OS. The third-order valence-corrected chi connectivity index (χ3v) is 3.84. The molecule has 18 heavy (non-hydrogen) atoms. The summed E-state index contributed by atoms with van der Waals surface area (Å²) in [6.45, 7) is 0. The SMILES string of the molecule is NNC(c1ccsc1)c1cc2cccc(Cl)c2o1. The summed E-state index contributed by atoms with van der Waals surface area (Å²) in [6, 6.07) is 9.51. The zero-order valence-corrected chi connectivity index (χ0v) is 11.0. The van der Waals surface area contributed by atoms with Gasteiger partial charge in [-0.3, -0.25) is 5.84 Å². The van der Waals surface area contributed by atoms with Crippen LogP contribution in [0.5, 0.6) is 0 Å². The van der Waals surface area contributed by atoms with Crippen LogP contribution < -0.4 is 11.3 Å². The second-order valence-corrected chi connectivity index (χ2v) is 5.15. The lowest BCUT2D eigenvalue weighted by molar-refractivity contribution is 0.478. The number of thiophene rings is 1. The van der Waals surface area contributed by atoms with Crippen molar-refractivity contribution >= 4 is 33.9 Å². The molecule has 0 fully saturated rings. The van der Waals surface area contributed by atoms with Crippen LogP contribution in [0.2, 0.25) is 5.02 Å². The average Bonchev–Trinajstić information content (AvgIpc) is 3.00. The number of nitrogens with one attached hydrogen (secondary N) is 1. The van der Waals surface area contributed by atoms with Gasteiger partial charge in [-0.05, 0) is 34.5 Å². The van der Waals surface area contributed by atoms with E-state index in [4.69, 9.17) is 21.9 Å². The molecular weight excluding hydrogens is 268 g/mol. The Morgan fingerprint density at radius 3 is 2.89 bits per heavy atom. The number of hydrazine groups is 1. The molecule has 0 radical (unpaired) electrons. The Labute approximate surface area is 113 Å². The van der Waals surface area contributed by atoms with Gasteiger partial charge in [-0.15, -0.1) is 0 Å². The van der Waals surface area contributed by atoms with Gasteiger partial charge in [-0.25, -0.2) is 5.43 Å². The smallest absolute Gasteiger partial charge is 0.152 e.